The molecule has 2 aliphatic heterocycles. The molecule has 1 aromatic rings. The molecular weight excluding hydrogens is 398 g/mol. The van der Waals surface area contributed by atoms with E-state index in [4.69, 9.17) is 14.2 Å². The van der Waals surface area contributed by atoms with Gasteiger partial charge in [0.1, 0.15) is 0 Å². The maximum Gasteiger partial charge on any atom is 0.234 e. The number of carbonyl (C=O) groups excluding carboxylic acids is 2. The molecule has 0 radical (unpaired) electrons. The number of carbonyl (C=O) groups is 2. The number of piperazine rings is 1. The minimum Gasteiger partial charge on any atom is -0.493 e. The van der Waals surface area contributed by atoms with Crippen LogP contribution in [0.2, 0.25) is 0 Å². The third-order valence-corrected chi connectivity index (χ3v) is 6.58. The van der Waals surface area contributed by atoms with Crippen LogP contribution in [0.4, 0.5) is 0 Å². The van der Waals surface area contributed by atoms with Crippen LogP contribution in [0.25, 0.3) is 0 Å². The Balaban J connectivity index is 1.35. The molecule has 2 fully saturated rings. The Morgan fingerprint density at radius 1 is 0.806 bits per heavy atom. The van der Waals surface area contributed by atoms with Crippen molar-refractivity contribution in [2.75, 3.05) is 54.2 Å². The second kappa shape index (κ2) is 9.28. The Hall–Kier alpha value is -2.58. The molecule has 1 aromatic carbocycles. The van der Waals surface area contributed by atoms with Crippen LogP contribution in [0.1, 0.15) is 18.4 Å². The van der Waals surface area contributed by atoms with E-state index < -0.39 is 0 Å². The average molecular weight is 430 g/mol. The van der Waals surface area contributed by atoms with Gasteiger partial charge in [0.15, 0.2) is 11.5 Å². The van der Waals surface area contributed by atoms with Gasteiger partial charge in [0.05, 0.1) is 39.8 Å². The zero-order chi connectivity index (χ0) is 22.0. The summed E-state index contributed by atoms with van der Waals surface area (Å²) in [5.74, 6) is 1.61. The van der Waals surface area contributed by atoms with Crippen LogP contribution >= 0.6 is 0 Å². The van der Waals surface area contributed by atoms with Crippen molar-refractivity contribution in [3.05, 3.63) is 29.8 Å². The fourth-order valence-corrected chi connectivity index (χ4v) is 4.83. The van der Waals surface area contributed by atoms with Gasteiger partial charge >= 0.3 is 0 Å². The van der Waals surface area contributed by atoms with Gasteiger partial charge in [-0.3, -0.25) is 24.3 Å². The zero-order valence-corrected chi connectivity index (χ0v) is 18.5. The summed E-state index contributed by atoms with van der Waals surface area (Å²) in [6, 6.07) is 3.90. The first-order valence-electron chi connectivity index (χ1n) is 10.8. The van der Waals surface area contributed by atoms with Crippen LogP contribution in [-0.2, 0) is 16.1 Å². The topological polar surface area (TPSA) is 71.6 Å². The van der Waals surface area contributed by atoms with Gasteiger partial charge in [-0.15, -0.1) is 0 Å². The number of fused-ring (bicyclic) bond motifs is 1. The summed E-state index contributed by atoms with van der Waals surface area (Å²) in [4.78, 5) is 31.4. The molecule has 3 aliphatic rings. The summed E-state index contributed by atoms with van der Waals surface area (Å²) in [7, 11) is 4.85. The lowest BCUT2D eigenvalue weighted by atomic mass is 9.85. The van der Waals surface area contributed by atoms with Gasteiger partial charge in [0.25, 0.3) is 0 Å². The fraction of sp³-hybridized carbons (Fsp3) is 0.565. The highest BCUT2D eigenvalue weighted by molar-refractivity contribution is 6.05. The Morgan fingerprint density at radius 3 is 1.94 bits per heavy atom. The molecule has 0 saturated carbocycles. The van der Waals surface area contributed by atoms with Crippen molar-refractivity contribution >= 4 is 11.8 Å². The second-order valence-corrected chi connectivity index (χ2v) is 8.29. The molecule has 0 N–H and O–H groups in total. The van der Waals surface area contributed by atoms with Crippen LogP contribution in [0.15, 0.2) is 24.3 Å². The van der Waals surface area contributed by atoms with Gasteiger partial charge < -0.3 is 14.2 Å². The molecule has 2 saturated heterocycles. The number of nitrogens with zero attached hydrogens (tertiary/aromatic N) is 3. The number of hydrogen-bond donors (Lipinski definition) is 0. The Morgan fingerprint density at radius 2 is 1.39 bits per heavy atom. The van der Waals surface area contributed by atoms with Gasteiger partial charge in [-0.05, 0) is 18.9 Å². The highest BCUT2D eigenvalue weighted by atomic mass is 16.5. The molecule has 0 unspecified atom stereocenters. The van der Waals surface area contributed by atoms with Crippen molar-refractivity contribution in [3.63, 3.8) is 0 Å². The summed E-state index contributed by atoms with van der Waals surface area (Å²) in [5.41, 5.74) is 1.04. The van der Waals surface area contributed by atoms with Crippen molar-refractivity contribution in [3.8, 4) is 17.2 Å². The van der Waals surface area contributed by atoms with E-state index >= 15 is 0 Å². The molecule has 4 rings (SSSR count). The van der Waals surface area contributed by atoms with E-state index in [2.05, 4.69) is 9.80 Å². The maximum atomic E-state index is 12.7. The molecule has 31 heavy (non-hydrogen) atoms. The van der Waals surface area contributed by atoms with E-state index in [-0.39, 0.29) is 23.7 Å². The molecule has 8 nitrogen and oxygen atoms in total. The van der Waals surface area contributed by atoms with Gasteiger partial charge in [-0.1, -0.05) is 18.2 Å². The first-order chi connectivity index (χ1) is 15.1. The van der Waals surface area contributed by atoms with E-state index in [1.54, 1.807) is 21.3 Å². The zero-order valence-electron chi connectivity index (χ0n) is 18.5. The highest BCUT2D eigenvalue weighted by Gasteiger charge is 2.47. The number of methoxy groups -OCH3 is 3. The molecule has 0 spiro atoms. The summed E-state index contributed by atoms with van der Waals surface area (Å²) in [6.07, 6.45) is 5.42. The summed E-state index contributed by atoms with van der Waals surface area (Å²) < 4.78 is 16.5. The number of benzene rings is 1. The third-order valence-electron chi connectivity index (χ3n) is 6.58. The monoisotopic (exact) mass is 429 g/mol. The number of ether oxygens (including phenoxy) is 3. The first-order valence-corrected chi connectivity index (χ1v) is 10.8. The van der Waals surface area contributed by atoms with Crippen LogP contribution in [0, 0.1) is 11.8 Å². The van der Waals surface area contributed by atoms with Crippen LogP contribution in [0.5, 0.6) is 17.2 Å². The number of rotatable bonds is 7. The lowest BCUT2D eigenvalue weighted by Crippen LogP contribution is -2.51. The predicted molar refractivity (Wildman–Crippen MR) is 115 cm³/mol. The summed E-state index contributed by atoms with van der Waals surface area (Å²) in [6.45, 7) is 4.44. The minimum absolute atomic E-state index is 0.00292. The molecule has 8 heteroatoms. The van der Waals surface area contributed by atoms with E-state index in [1.165, 1.54) is 4.90 Å². The average Bonchev–Trinajstić information content (AvgIpc) is 3.04. The highest BCUT2D eigenvalue weighted by Crippen LogP contribution is 2.40. The molecule has 1 aliphatic carbocycles. The minimum atomic E-state index is -0.156. The molecular formula is C23H31N3O5. The second-order valence-electron chi connectivity index (χ2n) is 8.29. The predicted octanol–water partition coefficient (Wildman–Crippen LogP) is 1.74. The quantitative estimate of drug-likeness (QED) is 0.483. The Kier molecular flexibility index (Phi) is 6.48. The molecule has 0 bridgehead atoms. The van der Waals surface area contributed by atoms with E-state index in [1.807, 2.05) is 24.3 Å². The number of allylic oxidation sites excluding steroid dienone is 2. The van der Waals surface area contributed by atoms with Crippen molar-refractivity contribution in [1.82, 2.24) is 14.7 Å². The summed E-state index contributed by atoms with van der Waals surface area (Å²) in [5, 5.41) is 0. The van der Waals surface area contributed by atoms with Crippen molar-refractivity contribution in [2.45, 2.75) is 19.4 Å². The Labute approximate surface area is 183 Å². The third kappa shape index (κ3) is 4.14. The number of imide groups is 1. The largest absolute Gasteiger partial charge is 0.493 e. The molecule has 2 amide bonds. The van der Waals surface area contributed by atoms with Gasteiger partial charge in [0, 0.05) is 38.3 Å². The van der Waals surface area contributed by atoms with Gasteiger partial charge in [0.2, 0.25) is 17.6 Å². The van der Waals surface area contributed by atoms with E-state index in [0.29, 0.717) is 36.8 Å². The Bertz CT molecular complexity index is 837. The number of amides is 2. The number of likely N-dealkylation sites (tertiary alicyclic amines) is 1. The van der Waals surface area contributed by atoms with Crippen molar-refractivity contribution < 1.29 is 23.8 Å². The standard InChI is InChI=1S/C23H31N3O5/c1-29-19-9-8-16(20(30-2)21(19)31-3)14-24-10-12-25(13-11-24)15-26-22(27)17-6-4-5-7-18(17)23(26)28/h4-5,8-9,17-18H,6-7,10-15H2,1-3H3/t17-,18-/m1/s1. The van der Waals surface area contributed by atoms with Crippen LogP contribution in [0.3, 0.4) is 0 Å². The van der Waals surface area contributed by atoms with Crippen molar-refractivity contribution in [2.24, 2.45) is 11.8 Å². The fourth-order valence-electron chi connectivity index (χ4n) is 4.83. The lowest BCUT2D eigenvalue weighted by Gasteiger charge is -2.36. The van der Waals surface area contributed by atoms with Crippen molar-refractivity contribution in [1.29, 1.82) is 0 Å². The smallest absolute Gasteiger partial charge is 0.234 e. The van der Waals surface area contributed by atoms with Gasteiger partial charge in [-0.2, -0.15) is 0 Å². The molecule has 2 heterocycles. The van der Waals surface area contributed by atoms with E-state index in [9.17, 15) is 9.59 Å². The maximum absolute atomic E-state index is 12.7. The van der Waals surface area contributed by atoms with E-state index in [0.717, 1.165) is 38.3 Å². The SMILES string of the molecule is COc1ccc(CN2CCN(CN3C(=O)[C@@H]4CC=CC[C@H]4C3=O)CC2)c(OC)c1OC. The van der Waals surface area contributed by atoms with Crippen LogP contribution in [-0.4, -0.2) is 80.7 Å². The lowest BCUT2D eigenvalue weighted by molar-refractivity contribution is -0.142. The molecule has 168 valence electrons. The summed E-state index contributed by atoms with van der Waals surface area (Å²) >= 11 is 0. The normalized spacial score (nSPS) is 24.4. The first kappa shape index (κ1) is 21.6. The van der Waals surface area contributed by atoms with Gasteiger partial charge in [-0.25, -0.2) is 0 Å². The number of hydrogen-bond acceptors (Lipinski definition) is 7. The van der Waals surface area contributed by atoms with Crippen LogP contribution < -0.4 is 14.2 Å². The molecule has 0 aromatic heterocycles. The molecule has 2 atom stereocenters.